The van der Waals surface area contributed by atoms with Gasteiger partial charge in [0.2, 0.25) is 0 Å². The second kappa shape index (κ2) is 5.61. The fourth-order valence-electron chi connectivity index (χ4n) is 1.81. The van der Waals surface area contributed by atoms with Crippen LogP contribution in [0.3, 0.4) is 0 Å². The number of carbonyl (C=O) groups excluding carboxylic acids is 2. The summed E-state index contributed by atoms with van der Waals surface area (Å²) >= 11 is 0. The molecule has 1 aromatic heterocycles. The maximum atomic E-state index is 11.9. The highest BCUT2D eigenvalue weighted by molar-refractivity contribution is 5.99. The van der Waals surface area contributed by atoms with E-state index in [1.54, 1.807) is 32.0 Å². The van der Waals surface area contributed by atoms with E-state index in [4.69, 9.17) is 4.42 Å². The molecule has 0 aliphatic rings. The summed E-state index contributed by atoms with van der Waals surface area (Å²) in [6, 6.07) is 8.69. The topological polar surface area (TPSA) is 71.3 Å². The summed E-state index contributed by atoms with van der Waals surface area (Å²) in [6.45, 7) is 5.39. The van der Waals surface area contributed by atoms with Crippen LogP contribution in [0.25, 0.3) is 0 Å². The van der Waals surface area contributed by atoms with Gasteiger partial charge in [0.25, 0.3) is 11.8 Å². The van der Waals surface area contributed by atoms with Crippen LogP contribution in [-0.4, -0.2) is 11.8 Å². The number of hydrogen-bond donors (Lipinski definition) is 2. The normalized spacial score (nSPS) is 10.2. The lowest BCUT2D eigenvalue weighted by Crippen LogP contribution is -2.41. The summed E-state index contributed by atoms with van der Waals surface area (Å²) in [6.07, 6.45) is 0. The molecule has 2 rings (SSSR count). The van der Waals surface area contributed by atoms with Gasteiger partial charge in [-0.05, 0) is 39.0 Å². The van der Waals surface area contributed by atoms with Gasteiger partial charge in [0.05, 0.1) is 5.56 Å². The maximum absolute atomic E-state index is 11.9. The molecule has 2 N–H and O–H groups in total. The maximum Gasteiger partial charge on any atom is 0.273 e. The molecule has 0 spiro atoms. The van der Waals surface area contributed by atoms with E-state index in [1.807, 2.05) is 19.1 Å². The zero-order chi connectivity index (χ0) is 14.7. The first-order valence-electron chi connectivity index (χ1n) is 6.22. The Kier molecular flexibility index (Phi) is 3.89. The summed E-state index contributed by atoms with van der Waals surface area (Å²) in [7, 11) is 0. The number of hydrogen-bond acceptors (Lipinski definition) is 3. The quantitative estimate of drug-likeness (QED) is 0.824. The van der Waals surface area contributed by atoms with Gasteiger partial charge < -0.3 is 4.42 Å². The molecule has 1 aromatic carbocycles. The van der Waals surface area contributed by atoms with E-state index < -0.39 is 5.91 Å². The molecule has 0 fully saturated rings. The standard InChI is InChI=1S/C15H16N2O3/c1-9-4-6-12(7-5-9)14(18)16-17-15(19)13-8-10(2)20-11(13)3/h4-8H,1-3H3,(H,16,18)(H,17,19). The average molecular weight is 272 g/mol. The van der Waals surface area contributed by atoms with Crippen molar-refractivity contribution >= 4 is 11.8 Å². The third-order valence-corrected chi connectivity index (χ3v) is 2.89. The Morgan fingerprint density at radius 3 is 2.10 bits per heavy atom. The van der Waals surface area contributed by atoms with Gasteiger partial charge in [0, 0.05) is 5.56 Å². The van der Waals surface area contributed by atoms with Crippen molar-refractivity contribution in [1.29, 1.82) is 0 Å². The number of furan rings is 1. The molecule has 0 aliphatic heterocycles. The van der Waals surface area contributed by atoms with Crippen LogP contribution in [-0.2, 0) is 0 Å². The van der Waals surface area contributed by atoms with Gasteiger partial charge >= 0.3 is 0 Å². The lowest BCUT2D eigenvalue weighted by atomic mass is 10.1. The fourth-order valence-corrected chi connectivity index (χ4v) is 1.81. The number of amides is 2. The first kappa shape index (κ1) is 13.9. The number of carbonyl (C=O) groups is 2. The Hall–Kier alpha value is -2.56. The summed E-state index contributed by atoms with van der Waals surface area (Å²) < 4.78 is 5.27. The summed E-state index contributed by atoms with van der Waals surface area (Å²) in [5.41, 5.74) is 6.70. The van der Waals surface area contributed by atoms with Crippen molar-refractivity contribution < 1.29 is 14.0 Å². The Labute approximate surface area is 117 Å². The second-order valence-corrected chi connectivity index (χ2v) is 4.60. The van der Waals surface area contributed by atoms with Crippen molar-refractivity contribution in [3.8, 4) is 0 Å². The predicted octanol–water partition coefficient (Wildman–Crippen LogP) is 2.28. The third kappa shape index (κ3) is 3.06. The number of nitrogens with one attached hydrogen (secondary N) is 2. The fraction of sp³-hybridized carbons (Fsp3) is 0.200. The van der Waals surface area contributed by atoms with Crippen molar-refractivity contribution in [2.45, 2.75) is 20.8 Å². The van der Waals surface area contributed by atoms with Crippen LogP contribution in [0.15, 0.2) is 34.7 Å². The zero-order valence-electron chi connectivity index (χ0n) is 11.6. The van der Waals surface area contributed by atoms with Gasteiger partial charge in [-0.1, -0.05) is 17.7 Å². The van der Waals surface area contributed by atoms with E-state index in [9.17, 15) is 9.59 Å². The molecule has 0 saturated carbocycles. The molecule has 0 aliphatic carbocycles. The van der Waals surface area contributed by atoms with Crippen LogP contribution < -0.4 is 10.9 Å². The highest BCUT2D eigenvalue weighted by atomic mass is 16.3. The molecule has 0 unspecified atom stereocenters. The van der Waals surface area contributed by atoms with Crippen molar-refractivity contribution in [1.82, 2.24) is 10.9 Å². The van der Waals surface area contributed by atoms with Gasteiger partial charge in [0.1, 0.15) is 11.5 Å². The first-order chi connectivity index (χ1) is 9.47. The molecular formula is C15H16N2O3. The molecule has 5 heteroatoms. The van der Waals surface area contributed by atoms with Crippen LogP contribution in [0, 0.1) is 20.8 Å². The van der Waals surface area contributed by atoms with E-state index in [2.05, 4.69) is 10.9 Å². The minimum atomic E-state index is -0.403. The van der Waals surface area contributed by atoms with Crippen LogP contribution in [0.4, 0.5) is 0 Å². The summed E-state index contributed by atoms with van der Waals surface area (Å²) in [5, 5.41) is 0. The van der Waals surface area contributed by atoms with Crippen molar-refractivity contribution in [2.24, 2.45) is 0 Å². The number of hydrazine groups is 1. The van der Waals surface area contributed by atoms with Gasteiger partial charge in [-0.2, -0.15) is 0 Å². The van der Waals surface area contributed by atoms with Gasteiger partial charge in [-0.15, -0.1) is 0 Å². The Balaban J connectivity index is 1.98. The SMILES string of the molecule is Cc1ccc(C(=O)NNC(=O)c2cc(C)oc2C)cc1. The minimum absolute atomic E-state index is 0.365. The smallest absolute Gasteiger partial charge is 0.273 e. The predicted molar refractivity (Wildman–Crippen MR) is 74.3 cm³/mol. The molecule has 5 nitrogen and oxygen atoms in total. The summed E-state index contributed by atoms with van der Waals surface area (Å²) in [5.74, 6) is 0.401. The second-order valence-electron chi connectivity index (χ2n) is 4.60. The molecular weight excluding hydrogens is 256 g/mol. The zero-order valence-corrected chi connectivity index (χ0v) is 11.6. The minimum Gasteiger partial charge on any atom is -0.466 e. The molecule has 0 saturated heterocycles. The molecule has 104 valence electrons. The largest absolute Gasteiger partial charge is 0.466 e. The van der Waals surface area contributed by atoms with Gasteiger partial charge in [-0.3, -0.25) is 20.4 Å². The van der Waals surface area contributed by atoms with Gasteiger partial charge in [0.15, 0.2) is 0 Å². The molecule has 2 amide bonds. The lowest BCUT2D eigenvalue weighted by molar-refractivity contribution is 0.0845. The van der Waals surface area contributed by atoms with E-state index in [0.29, 0.717) is 22.6 Å². The summed E-state index contributed by atoms with van der Waals surface area (Å²) in [4.78, 5) is 23.7. The molecule has 0 radical (unpaired) electrons. The monoisotopic (exact) mass is 272 g/mol. The van der Waals surface area contributed by atoms with E-state index in [-0.39, 0.29) is 5.91 Å². The first-order valence-corrected chi connectivity index (χ1v) is 6.22. The highest BCUT2D eigenvalue weighted by Crippen LogP contribution is 2.13. The van der Waals surface area contributed by atoms with Crippen LogP contribution in [0.2, 0.25) is 0 Å². The molecule has 1 heterocycles. The number of benzene rings is 1. The van der Waals surface area contributed by atoms with E-state index >= 15 is 0 Å². The average Bonchev–Trinajstić information content (AvgIpc) is 2.75. The number of aryl methyl sites for hydroxylation is 3. The highest BCUT2D eigenvalue weighted by Gasteiger charge is 2.14. The van der Waals surface area contributed by atoms with Crippen molar-refractivity contribution in [3.63, 3.8) is 0 Å². The van der Waals surface area contributed by atoms with E-state index in [0.717, 1.165) is 5.56 Å². The van der Waals surface area contributed by atoms with Crippen LogP contribution in [0.1, 0.15) is 37.8 Å². The molecule has 20 heavy (non-hydrogen) atoms. The molecule has 0 atom stereocenters. The van der Waals surface area contributed by atoms with Crippen molar-refractivity contribution in [2.75, 3.05) is 0 Å². The lowest BCUT2D eigenvalue weighted by Gasteiger charge is -2.06. The third-order valence-electron chi connectivity index (χ3n) is 2.89. The Morgan fingerprint density at radius 2 is 1.55 bits per heavy atom. The van der Waals surface area contributed by atoms with Crippen LogP contribution in [0.5, 0.6) is 0 Å². The number of rotatable bonds is 2. The van der Waals surface area contributed by atoms with Crippen LogP contribution >= 0.6 is 0 Å². The van der Waals surface area contributed by atoms with Gasteiger partial charge in [-0.25, -0.2) is 0 Å². The molecule has 0 bridgehead atoms. The Morgan fingerprint density at radius 1 is 0.950 bits per heavy atom. The van der Waals surface area contributed by atoms with Crippen molar-refractivity contribution in [3.05, 3.63) is 58.5 Å². The molecule has 2 aromatic rings. The van der Waals surface area contributed by atoms with E-state index in [1.165, 1.54) is 0 Å². The Bertz CT molecular complexity index is 642.